The van der Waals surface area contributed by atoms with Gasteiger partial charge in [-0.15, -0.1) is 0 Å². The van der Waals surface area contributed by atoms with Gasteiger partial charge in [-0.2, -0.15) is 0 Å². The molecule has 3 fully saturated rings. The molecule has 38 heavy (non-hydrogen) atoms. The second-order valence-electron chi connectivity index (χ2n) is 13.1. The van der Waals surface area contributed by atoms with Crippen LogP contribution in [0.4, 0.5) is 4.39 Å². The highest BCUT2D eigenvalue weighted by molar-refractivity contribution is 5.93. The molecule has 1 aromatic rings. The van der Waals surface area contributed by atoms with Crippen molar-refractivity contribution in [2.45, 2.75) is 96.6 Å². The number of nitrogens with zero attached hydrogens (tertiary/aromatic N) is 1. The van der Waals surface area contributed by atoms with Crippen molar-refractivity contribution in [3.8, 4) is 5.75 Å². The highest BCUT2D eigenvalue weighted by atomic mass is 19.1. The molecule has 0 radical (unpaired) electrons. The molecule has 3 nitrogen and oxygen atoms in total. The topological polar surface area (TPSA) is 29.5 Å². The highest BCUT2D eigenvalue weighted by Crippen LogP contribution is 2.64. The number of likely N-dealkylation sites (tertiary alicyclic amines) is 1. The van der Waals surface area contributed by atoms with Gasteiger partial charge < -0.3 is 4.74 Å². The van der Waals surface area contributed by atoms with E-state index in [-0.39, 0.29) is 17.1 Å². The first-order chi connectivity index (χ1) is 18.5. The van der Waals surface area contributed by atoms with E-state index in [1.807, 2.05) is 6.08 Å². The fourth-order valence-corrected chi connectivity index (χ4v) is 8.89. The van der Waals surface area contributed by atoms with Crippen LogP contribution in [0.3, 0.4) is 0 Å². The van der Waals surface area contributed by atoms with E-state index in [0.717, 1.165) is 56.9 Å². The van der Waals surface area contributed by atoms with E-state index in [9.17, 15) is 4.79 Å². The van der Waals surface area contributed by atoms with E-state index in [1.165, 1.54) is 55.5 Å². The number of piperidine rings is 1. The van der Waals surface area contributed by atoms with Crippen LogP contribution in [0.2, 0.25) is 0 Å². The van der Waals surface area contributed by atoms with Gasteiger partial charge in [-0.25, -0.2) is 4.39 Å². The van der Waals surface area contributed by atoms with Crippen molar-refractivity contribution in [2.75, 3.05) is 26.2 Å². The lowest BCUT2D eigenvalue weighted by Gasteiger charge is -2.51. The van der Waals surface area contributed by atoms with E-state index in [4.69, 9.17) is 4.74 Å². The Bertz CT molecular complexity index is 1080. The average molecular weight is 520 g/mol. The minimum Gasteiger partial charge on any atom is -0.492 e. The molecule has 0 bridgehead atoms. The molecule has 1 saturated heterocycles. The van der Waals surface area contributed by atoms with Gasteiger partial charge in [0.1, 0.15) is 18.5 Å². The van der Waals surface area contributed by atoms with Gasteiger partial charge in [0.2, 0.25) is 0 Å². The van der Waals surface area contributed by atoms with Crippen molar-refractivity contribution in [2.24, 2.45) is 23.2 Å². The van der Waals surface area contributed by atoms with Gasteiger partial charge in [0.25, 0.3) is 0 Å². The summed E-state index contributed by atoms with van der Waals surface area (Å²) in [6.07, 6.45) is 12.7. The average Bonchev–Trinajstić information content (AvgIpc) is 3.23. The van der Waals surface area contributed by atoms with Gasteiger partial charge >= 0.3 is 0 Å². The number of benzene rings is 1. The van der Waals surface area contributed by atoms with Crippen LogP contribution in [0.15, 0.2) is 47.1 Å². The van der Waals surface area contributed by atoms with Crippen molar-refractivity contribution >= 4 is 5.78 Å². The van der Waals surface area contributed by atoms with Gasteiger partial charge in [0, 0.05) is 24.3 Å². The molecule has 4 aliphatic carbocycles. The van der Waals surface area contributed by atoms with Crippen LogP contribution < -0.4 is 4.74 Å². The number of allylic oxidation sites excluding steroid dienone is 4. The van der Waals surface area contributed by atoms with E-state index in [1.54, 1.807) is 5.57 Å². The number of ketones is 1. The summed E-state index contributed by atoms with van der Waals surface area (Å²) in [5, 5.41) is 0. The molecule has 5 aliphatic rings. The summed E-state index contributed by atoms with van der Waals surface area (Å²) in [5.74, 6) is 3.25. The summed E-state index contributed by atoms with van der Waals surface area (Å²) in [5.41, 5.74) is 5.31. The third-order valence-electron chi connectivity index (χ3n) is 11.0. The SMILES string of the molecule is CCCC1CCN(CCOc2ccc([C@H]3C[C@@]4(C)C(CC[C@H]4F)C4CCC5=CC(=O)CCC5=C43)cc2)CC1. The Morgan fingerprint density at radius 1 is 1.03 bits per heavy atom. The summed E-state index contributed by atoms with van der Waals surface area (Å²) in [4.78, 5) is 14.8. The number of carbonyl (C=O) groups is 1. The standard InChI is InChI=1S/C34H46FNO2/c1-3-4-23-15-17-36(18-16-23)19-20-38-27-9-5-24(6-10-27)30-22-34(2)31(13-14-32(34)35)29-11-7-25-21-26(37)8-12-28(25)33(29)30/h5-6,9-10,21,23,29-32H,3-4,7-8,11-20,22H2,1-2H3/t29?,30-,31?,32-,34+/m1/s1. The second kappa shape index (κ2) is 10.9. The Kier molecular flexibility index (Phi) is 7.55. The largest absolute Gasteiger partial charge is 0.492 e. The minimum atomic E-state index is -0.707. The van der Waals surface area contributed by atoms with Crippen LogP contribution in [-0.4, -0.2) is 43.1 Å². The fraction of sp³-hybridized carbons (Fsp3) is 0.676. The van der Waals surface area contributed by atoms with E-state index in [0.29, 0.717) is 24.7 Å². The van der Waals surface area contributed by atoms with Crippen molar-refractivity contribution in [3.05, 3.63) is 52.6 Å². The Morgan fingerprint density at radius 3 is 2.58 bits per heavy atom. The van der Waals surface area contributed by atoms with Gasteiger partial charge in [0.15, 0.2) is 5.78 Å². The molecule has 6 rings (SSSR count). The fourth-order valence-electron chi connectivity index (χ4n) is 8.89. The third-order valence-corrected chi connectivity index (χ3v) is 11.0. The molecular weight excluding hydrogens is 473 g/mol. The Labute approximate surface area is 228 Å². The Morgan fingerprint density at radius 2 is 1.82 bits per heavy atom. The van der Waals surface area contributed by atoms with Crippen LogP contribution >= 0.6 is 0 Å². The van der Waals surface area contributed by atoms with Crippen LogP contribution in [0, 0.1) is 23.2 Å². The van der Waals surface area contributed by atoms with Crippen LogP contribution in [0.25, 0.3) is 0 Å². The van der Waals surface area contributed by atoms with Gasteiger partial charge in [-0.05, 0) is 117 Å². The highest BCUT2D eigenvalue weighted by Gasteiger charge is 2.57. The molecule has 5 atom stereocenters. The second-order valence-corrected chi connectivity index (χ2v) is 13.1. The van der Waals surface area contributed by atoms with Crippen LogP contribution in [0.1, 0.15) is 96.0 Å². The molecule has 206 valence electrons. The van der Waals surface area contributed by atoms with Gasteiger partial charge in [-0.1, -0.05) is 44.4 Å². The maximum Gasteiger partial charge on any atom is 0.156 e. The number of ether oxygens (including phenoxy) is 1. The van der Waals surface area contributed by atoms with Crippen molar-refractivity contribution in [1.82, 2.24) is 4.90 Å². The number of hydrogen-bond acceptors (Lipinski definition) is 3. The van der Waals surface area contributed by atoms with Crippen molar-refractivity contribution in [1.29, 1.82) is 0 Å². The monoisotopic (exact) mass is 519 g/mol. The number of fused-ring (bicyclic) bond motifs is 4. The van der Waals surface area contributed by atoms with Crippen molar-refractivity contribution in [3.63, 3.8) is 0 Å². The van der Waals surface area contributed by atoms with E-state index >= 15 is 4.39 Å². The number of alkyl halides is 1. The summed E-state index contributed by atoms with van der Waals surface area (Å²) < 4.78 is 21.6. The van der Waals surface area contributed by atoms with Crippen LogP contribution in [-0.2, 0) is 4.79 Å². The summed E-state index contributed by atoms with van der Waals surface area (Å²) in [6, 6.07) is 8.73. The number of halogens is 1. The molecule has 4 heteroatoms. The third kappa shape index (κ3) is 4.91. The summed E-state index contributed by atoms with van der Waals surface area (Å²) in [6.45, 7) is 8.63. The smallest absolute Gasteiger partial charge is 0.156 e. The first-order valence-corrected chi connectivity index (χ1v) is 15.5. The molecule has 2 unspecified atom stereocenters. The normalized spacial score (nSPS) is 34.0. The first-order valence-electron chi connectivity index (χ1n) is 15.5. The van der Waals surface area contributed by atoms with E-state index in [2.05, 4.69) is 43.0 Å². The molecular formula is C34H46FNO2. The lowest BCUT2D eigenvalue weighted by Crippen LogP contribution is -2.44. The molecule has 0 spiro atoms. The molecule has 2 saturated carbocycles. The molecule has 1 heterocycles. The summed E-state index contributed by atoms with van der Waals surface area (Å²) >= 11 is 0. The number of carbonyl (C=O) groups excluding carboxylic acids is 1. The zero-order valence-electron chi connectivity index (χ0n) is 23.5. The minimum absolute atomic E-state index is 0.239. The van der Waals surface area contributed by atoms with Crippen LogP contribution in [0.5, 0.6) is 5.75 Å². The molecule has 0 amide bonds. The van der Waals surface area contributed by atoms with Gasteiger partial charge in [0.05, 0.1) is 0 Å². The maximum atomic E-state index is 15.4. The Balaban J connectivity index is 1.17. The summed E-state index contributed by atoms with van der Waals surface area (Å²) in [7, 11) is 0. The number of hydrogen-bond donors (Lipinski definition) is 0. The first kappa shape index (κ1) is 26.3. The lowest BCUT2D eigenvalue weighted by molar-refractivity contribution is -0.114. The number of rotatable bonds is 7. The molecule has 1 aromatic carbocycles. The quantitative estimate of drug-likeness (QED) is 0.368. The maximum absolute atomic E-state index is 15.4. The molecule has 0 N–H and O–H groups in total. The van der Waals surface area contributed by atoms with Crippen molar-refractivity contribution < 1.29 is 13.9 Å². The van der Waals surface area contributed by atoms with Gasteiger partial charge in [-0.3, -0.25) is 9.69 Å². The predicted molar refractivity (Wildman–Crippen MR) is 151 cm³/mol. The lowest BCUT2D eigenvalue weighted by atomic mass is 9.53. The van der Waals surface area contributed by atoms with E-state index < -0.39 is 6.17 Å². The Hall–Kier alpha value is -1.94. The zero-order valence-corrected chi connectivity index (χ0v) is 23.5. The molecule has 0 aromatic heterocycles. The zero-order chi connectivity index (χ0) is 26.3. The predicted octanol–water partition coefficient (Wildman–Crippen LogP) is 7.82. The molecule has 1 aliphatic heterocycles.